The fraction of sp³-hybridized carbons (Fsp3) is 0. The van der Waals surface area contributed by atoms with Crippen molar-refractivity contribution in [1.29, 1.82) is 0 Å². The summed E-state index contributed by atoms with van der Waals surface area (Å²) in [5.74, 6) is -0.981. The molecule has 0 unspecified atom stereocenters. The predicted molar refractivity (Wildman–Crippen MR) is 44.0 cm³/mol. The molecule has 0 bridgehead atoms. The normalized spacial score (nSPS) is 18.6. The second-order valence-electron chi connectivity index (χ2n) is 1.71. The molecule has 0 saturated heterocycles. The highest BCUT2D eigenvalue weighted by Gasteiger charge is 2.16. The number of rotatable bonds is 0. The molecule has 0 aromatic heterocycles. The van der Waals surface area contributed by atoms with E-state index in [2.05, 4.69) is 31.9 Å². The summed E-state index contributed by atoms with van der Waals surface area (Å²) in [6, 6.07) is 0. The molecule has 2 nitrogen and oxygen atoms in total. The average molecular weight is 266 g/mol. The Morgan fingerprint density at radius 2 is 1.20 bits per heavy atom. The van der Waals surface area contributed by atoms with E-state index in [1.807, 2.05) is 0 Å². The Bertz CT molecular complexity index is 235. The minimum atomic E-state index is -0.491. The zero-order chi connectivity index (χ0) is 7.72. The van der Waals surface area contributed by atoms with Crippen LogP contribution < -0.4 is 0 Å². The Kier molecular flexibility index (Phi) is 2.21. The van der Waals surface area contributed by atoms with Gasteiger partial charge in [-0.25, -0.2) is 0 Å². The molecule has 0 radical (unpaired) electrons. The van der Waals surface area contributed by atoms with Gasteiger partial charge in [0.2, 0.25) is 11.6 Å². The Balaban J connectivity index is 3.06. The van der Waals surface area contributed by atoms with Crippen molar-refractivity contribution in [2.45, 2.75) is 0 Å². The zero-order valence-corrected chi connectivity index (χ0v) is 7.90. The lowest BCUT2D eigenvalue weighted by atomic mass is 10.1. The van der Waals surface area contributed by atoms with E-state index >= 15 is 0 Å². The highest BCUT2D eigenvalue weighted by atomic mass is 79.9. The van der Waals surface area contributed by atoms with E-state index in [-0.39, 0.29) is 0 Å². The molecule has 1 aliphatic carbocycles. The van der Waals surface area contributed by atoms with Crippen molar-refractivity contribution in [2.24, 2.45) is 0 Å². The van der Waals surface area contributed by atoms with Crippen LogP contribution in [0.25, 0.3) is 0 Å². The van der Waals surface area contributed by atoms with E-state index in [1.165, 1.54) is 12.2 Å². The standard InChI is InChI=1S/C6H2Br2O2/c7-3-1-5(9)6(10)2-4(3)8/h1-2H. The minimum absolute atomic E-state index is 0.491. The van der Waals surface area contributed by atoms with Gasteiger partial charge in [0.25, 0.3) is 0 Å². The molecule has 0 heterocycles. The molecular weight excluding hydrogens is 264 g/mol. The fourth-order valence-corrected chi connectivity index (χ4v) is 1.16. The lowest BCUT2D eigenvalue weighted by Gasteiger charge is -2.00. The Hall–Kier alpha value is -0.220. The lowest BCUT2D eigenvalue weighted by molar-refractivity contribution is -0.131. The van der Waals surface area contributed by atoms with Gasteiger partial charge in [-0.1, -0.05) is 0 Å². The Labute approximate surface area is 74.2 Å². The van der Waals surface area contributed by atoms with Crippen LogP contribution in [0.2, 0.25) is 0 Å². The number of hydrogen-bond acceptors (Lipinski definition) is 2. The van der Waals surface area contributed by atoms with Crippen LogP contribution in [0.1, 0.15) is 0 Å². The van der Waals surface area contributed by atoms with Gasteiger partial charge in [-0.05, 0) is 31.9 Å². The molecule has 0 amide bonds. The first-order chi connectivity index (χ1) is 4.61. The molecule has 0 aliphatic heterocycles. The average Bonchev–Trinajstić information content (AvgIpc) is 1.84. The first-order valence-electron chi connectivity index (χ1n) is 2.44. The molecule has 1 aliphatic rings. The number of allylic oxidation sites excluding steroid dienone is 4. The SMILES string of the molecule is O=C1C=C(Br)C(Br)=CC1=O. The van der Waals surface area contributed by atoms with Crippen molar-refractivity contribution in [1.82, 2.24) is 0 Å². The maximum Gasteiger partial charge on any atom is 0.226 e. The van der Waals surface area contributed by atoms with Crippen molar-refractivity contribution < 1.29 is 9.59 Å². The van der Waals surface area contributed by atoms with Crippen LogP contribution >= 0.6 is 31.9 Å². The smallest absolute Gasteiger partial charge is 0.226 e. The van der Waals surface area contributed by atoms with Crippen LogP contribution in [0, 0.1) is 0 Å². The lowest BCUT2D eigenvalue weighted by Crippen LogP contribution is -2.11. The second kappa shape index (κ2) is 2.80. The van der Waals surface area contributed by atoms with Crippen LogP contribution in [-0.2, 0) is 9.59 Å². The van der Waals surface area contributed by atoms with Gasteiger partial charge in [-0.3, -0.25) is 9.59 Å². The number of halogens is 2. The molecule has 0 aromatic rings. The van der Waals surface area contributed by atoms with E-state index in [1.54, 1.807) is 0 Å². The van der Waals surface area contributed by atoms with Gasteiger partial charge in [-0.2, -0.15) is 0 Å². The number of carbonyl (C=O) groups excluding carboxylic acids is 2. The van der Waals surface area contributed by atoms with E-state index in [9.17, 15) is 9.59 Å². The predicted octanol–water partition coefficient (Wildman–Crippen LogP) is 1.70. The summed E-state index contributed by atoms with van der Waals surface area (Å²) in [6.07, 6.45) is 2.48. The maximum atomic E-state index is 10.6. The van der Waals surface area contributed by atoms with Crippen molar-refractivity contribution >= 4 is 43.4 Å². The highest BCUT2D eigenvalue weighted by Crippen LogP contribution is 2.25. The monoisotopic (exact) mass is 264 g/mol. The third-order valence-corrected chi connectivity index (χ3v) is 2.83. The highest BCUT2D eigenvalue weighted by molar-refractivity contribution is 9.15. The first kappa shape index (κ1) is 7.88. The van der Waals surface area contributed by atoms with Gasteiger partial charge in [0.05, 0.1) is 0 Å². The molecule has 0 N–H and O–H groups in total. The summed E-state index contributed by atoms with van der Waals surface area (Å²) in [6.45, 7) is 0. The zero-order valence-electron chi connectivity index (χ0n) is 4.73. The van der Waals surface area contributed by atoms with Gasteiger partial charge in [0.15, 0.2) is 0 Å². The van der Waals surface area contributed by atoms with Crippen LogP contribution in [0.15, 0.2) is 21.1 Å². The quantitative estimate of drug-likeness (QED) is 0.494. The van der Waals surface area contributed by atoms with Gasteiger partial charge < -0.3 is 0 Å². The summed E-state index contributed by atoms with van der Waals surface area (Å²) in [4.78, 5) is 21.3. The van der Waals surface area contributed by atoms with Crippen LogP contribution in [0.5, 0.6) is 0 Å². The Morgan fingerprint density at radius 1 is 0.900 bits per heavy atom. The van der Waals surface area contributed by atoms with Gasteiger partial charge in [-0.15, -0.1) is 0 Å². The molecule has 0 fully saturated rings. The summed E-state index contributed by atoms with van der Waals surface area (Å²) in [5.41, 5.74) is 0. The van der Waals surface area contributed by atoms with E-state index in [0.29, 0.717) is 8.96 Å². The summed E-state index contributed by atoms with van der Waals surface area (Å²) >= 11 is 6.19. The molecule has 4 heteroatoms. The molecule has 10 heavy (non-hydrogen) atoms. The molecule has 0 atom stereocenters. The van der Waals surface area contributed by atoms with E-state index in [4.69, 9.17) is 0 Å². The van der Waals surface area contributed by atoms with Crippen LogP contribution in [0.4, 0.5) is 0 Å². The second-order valence-corrected chi connectivity index (χ2v) is 3.42. The third kappa shape index (κ3) is 1.44. The summed E-state index contributed by atoms with van der Waals surface area (Å²) in [5, 5.41) is 0. The van der Waals surface area contributed by atoms with Gasteiger partial charge in [0.1, 0.15) is 0 Å². The van der Waals surface area contributed by atoms with E-state index < -0.39 is 11.6 Å². The topological polar surface area (TPSA) is 34.1 Å². The summed E-state index contributed by atoms with van der Waals surface area (Å²) < 4.78 is 1.22. The summed E-state index contributed by atoms with van der Waals surface area (Å²) in [7, 11) is 0. The largest absolute Gasteiger partial charge is 0.286 e. The molecule has 1 rings (SSSR count). The molecule has 0 saturated carbocycles. The third-order valence-electron chi connectivity index (χ3n) is 0.987. The number of carbonyl (C=O) groups is 2. The molecule has 52 valence electrons. The minimum Gasteiger partial charge on any atom is -0.286 e. The van der Waals surface area contributed by atoms with Crippen molar-refractivity contribution in [3.8, 4) is 0 Å². The van der Waals surface area contributed by atoms with Gasteiger partial charge in [0, 0.05) is 21.1 Å². The van der Waals surface area contributed by atoms with E-state index in [0.717, 1.165) is 0 Å². The van der Waals surface area contributed by atoms with Crippen molar-refractivity contribution in [3.63, 3.8) is 0 Å². The fourth-order valence-electron chi connectivity index (χ4n) is 0.510. The first-order valence-corrected chi connectivity index (χ1v) is 4.03. The van der Waals surface area contributed by atoms with Crippen molar-refractivity contribution in [2.75, 3.05) is 0 Å². The molecule has 0 spiro atoms. The molecule has 0 aromatic carbocycles. The molecular formula is C6H2Br2O2. The maximum absolute atomic E-state index is 10.6. The van der Waals surface area contributed by atoms with Crippen molar-refractivity contribution in [3.05, 3.63) is 21.1 Å². The van der Waals surface area contributed by atoms with Crippen LogP contribution in [0.3, 0.4) is 0 Å². The number of hydrogen-bond donors (Lipinski definition) is 0. The van der Waals surface area contributed by atoms with Crippen LogP contribution in [-0.4, -0.2) is 11.6 Å². The Morgan fingerprint density at radius 3 is 1.50 bits per heavy atom. The van der Waals surface area contributed by atoms with Gasteiger partial charge >= 0.3 is 0 Å². The number of ketones is 2.